The van der Waals surface area contributed by atoms with Gasteiger partial charge in [0, 0.05) is 17.8 Å². The van der Waals surface area contributed by atoms with Gasteiger partial charge in [-0.3, -0.25) is 9.78 Å². The molecule has 0 radical (unpaired) electrons. The molecule has 8 nitrogen and oxygen atoms in total. The Labute approximate surface area is 170 Å². The average Bonchev–Trinajstić information content (AvgIpc) is 3.06. The molecule has 156 valence electrons. The van der Waals surface area contributed by atoms with Crippen molar-refractivity contribution in [2.24, 2.45) is 17.8 Å². The molecule has 3 fully saturated rings. The number of carboxylic acids is 1. The molecular weight excluding hydrogens is 394 g/mol. The van der Waals surface area contributed by atoms with Crippen LogP contribution in [0.5, 0.6) is 0 Å². The maximum atomic E-state index is 14.8. The van der Waals surface area contributed by atoms with E-state index in [1.54, 1.807) is 0 Å². The van der Waals surface area contributed by atoms with E-state index >= 15 is 0 Å². The zero-order valence-electron chi connectivity index (χ0n) is 15.9. The lowest BCUT2D eigenvalue weighted by Gasteiger charge is -2.47. The van der Waals surface area contributed by atoms with Crippen LogP contribution in [-0.2, 0) is 4.79 Å². The van der Waals surface area contributed by atoms with Gasteiger partial charge in [-0.05, 0) is 43.6 Å². The Morgan fingerprint density at radius 2 is 1.90 bits per heavy atom. The highest BCUT2D eigenvalue weighted by atomic mass is 19.1. The second-order valence-electron chi connectivity index (χ2n) is 8.05. The second kappa shape index (κ2) is 6.89. The number of halogens is 2. The topological polar surface area (TPSA) is 118 Å². The smallest absolute Gasteiger partial charge is 0.308 e. The van der Waals surface area contributed by atoms with Crippen molar-refractivity contribution in [2.45, 2.75) is 31.7 Å². The third-order valence-corrected chi connectivity index (χ3v) is 6.43. The molecule has 0 aromatic carbocycles. The van der Waals surface area contributed by atoms with E-state index in [4.69, 9.17) is 5.73 Å². The van der Waals surface area contributed by atoms with Crippen LogP contribution in [0.2, 0.25) is 0 Å². The highest BCUT2D eigenvalue weighted by Crippen LogP contribution is 2.46. The van der Waals surface area contributed by atoms with Gasteiger partial charge in [0.2, 0.25) is 0 Å². The molecule has 10 heteroatoms. The van der Waals surface area contributed by atoms with Crippen molar-refractivity contribution in [1.82, 2.24) is 19.6 Å². The van der Waals surface area contributed by atoms with Crippen molar-refractivity contribution >= 4 is 23.3 Å². The summed E-state index contributed by atoms with van der Waals surface area (Å²) in [5.41, 5.74) is 7.00. The van der Waals surface area contributed by atoms with Crippen LogP contribution in [0.25, 0.3) is 16.8 Å². The fraction of sp³-hybridized carbons (Fsp3) is 0.400. The maximum Gasteiger partial charge on any atom is 0.308 e. The number of rotatable bonds is 4. The van der Waals surface area contributed by atoms with Gasteiger partial charge in [0.15, 0.2) is 23.1 Å². The molecule has 0 amide bonds. The Bertz CT molecular complexity index is 1140. The number of aliphatic carboxylic acids is 1. The van der Waals surface area contributed by atoms with Crippen LogP contribution in [-0.4, -0.2) is 36.7 Å². The predicted molar refractivity (Wildman–Crippen MR) is 105 cm³/mol. The number of nitrogens with two attached hydrogens (primary N) is 1. The molecule has 0 unspecified atom stereocenters. The molecular formula is C20H20F2N6O2. The molecule has 3 heterocycles. The summed E-state index contributed by atoms with van der Waals surface area (Å²) in [6.07, 6.45) is 7.09. The Hall–Kier alpha value is -3.30. The number of anilines is 2. The molecule has 0 aliphatic heterocycles. The fourth-order valence-corrected chi connectivity index (χ4v) is 5.11. The molecule has 2 bridgehead atoms. The number of nitrogens with zero attached hydrogens (tertiary/aromatic N) is 4. The van der Waals surface area contributed by atoms with E-state index in [0.29, 0.717) is 11.1 Å². The SMILES string of the molecule is Nc1nn2c(N[C@H]3[C@H]4CC[C@H](CC4)[C@@H]3C(=O)O)c(F)cnc2c1-c1cncc(F)c1. The summed E-state index contributed by atoms with van der Waals surface area (Å²) in [5, 5.41) is 17.1. The lowest BCUT2D eigenvalue weighted by atomic mass is 9.61. The molecule has 30 heavy (non-hydrogen) atoms. The molecule has 3 aromatic rings. The average molecular weight is 414 g/mol. The van der Waals surface area contributed by atoms with Crippen molar-refractivity contribution in [3.8, 4) is 11.1 Å². The molecule has 3 aliphatic carbocycles. The van der Waals surface area contributed by atoms with Gasteiger partial charge in [-0.25, -0.2) is 13.8 Å². The van der Waals surface area contributed by atoms with Crippen molar-refractivity contribution in [3.63, 3.8) is 0 Å². The van der Waals surface area contributed by atoms with Gasteiger partial charge < -0.3 is 16.2 Å². The molecule has 4 N–H and O–H groups in total. The Balaban J connectivity index is 1.61. The lowest BCUT2D eigenvalue weighted by molar-refractivity contribution is -0.148. The van der Waals surface area contributed by atoms with E-state index < -0.39 is 29.6 Å². The first-order chi connectivity index (χ1) is 14.4. The number of fused-ring (bicyclic) bond motifs is 4. The van der Waals surface area contributed by atoms with E-state index in [-0.39, 0.29) is 29.1 Å². The van der Waals surface area contributed by atoms with E-state index in [1.807, 2.05) is 0 Å². The second-order valence-corrected chi connectivity index (χ2v) is 8.05. The van der Waals surface area contributed by atoms with E-state index in [0.717, 1.165) is 38.1 Å². The summed E-state index contributed by atoms with van der Waals surface area (Å²) in [6, 6.07) is 0.832. The van der Waals surface area contributed by atoms with Crippen LogP contribution >= 0.6 is 0 Å². The van der Waals surface area contributed by atoms with Crippen LogP contribution in [0.1, 0.15) is 25.7 Å². The molecule has 0 saturated heterocycles. The van der Waals surface area contributed by atoms with E-state index in [2.05, 4.69) is 20.4 Å². The number of pyridine rings is 1. The minimum Gasteiger partial charge on any atom is -0.481 e. The van der Waals surface area contributed by atoms with Gasteiger partial charge >= 0.3 is 5.97 Å². The van der Waals surface area contributed by atoms with Crippen LogP contribution in [0, 0.1) is 29.4 Å². The van der Waals surface area contributed by atoms with E-state index in [9.17, 15) is 18.7 Å². The number of hydrogen-bond acceptors (Lipinski definition) is 6. The molecule has 3 saturated carbocycles. The van der Waals surface area contributed by atoms with Crippen molar-refractivity contribution < 1.29 is 18.7 Å². The van der Waals surface area contributed by atoms with Crippen molar-refractivity contribution in [1.29, 1.82) is 0 Å². The molecule has 0 spiro atoms. The highest BCUT2D eigenvalue weighted by molar-refractivity contribution is 5.86. The van der Waals surface area contributed by atoms with Gasteiger partial charge in [0.05, 0.1) is 23.9 Å². The summed E-state index contributed by atoms with van der Waals surface area (Å²) in [4.78, 5) is 19.9. The Morgan fingerprint density at radius 3 is 2.60 bits per heavy atom. The predicted octanol–water partition coefficient (Wildman–Crippen LogP) is 2.95. The normalized spacial score (nSPS) is 25.5. The largest absolute Gasteiger partial charge is 0.481 e. The monoisotopic (exact) mass is 414 g/mol. The van der Waals surface area contributed by atoms with Crippen LogP contribution in [0.4, 0.5) is 20.4 Å². The Morgan fingerprint density at radius 1 is 1.17 bits per heavy atom. The summed E-state index contributed by atoms with van der Waals surface area (Å²) < 4.78 is 29.7. The first-order valence-corrected chi connectivity index (χ1v) is 9.87. The summed E-state index contributed by atoms with van der Waals surface area (Å²) >= 11 is 0. The Kier molecular flexibility index (Phi) is 4.30. The van der Waals surface area contributed by atoms with Crippen LogP contribution in [0.3, 0.4) is 0 Å². The first kappa shape index (κ1) is 18.7. The number of nitrogen functional groups attached to an aromatic ring is 1. The van der Waals surface area contributed by atoms with Gasteiger partial charge in [0.25, 0.3) is 0 Å². The number of aromatic nitrogens is 4. The molecule has 6 rings (SSSR count). The number of nitrogens with one attached hydrogen (secondary N) is 1. The minimum atomic E-state index is -0.876. The van der Waals surface area contributed by atoms with Gasteiger partial charge in [-0.15, -0.1) is 5.10 Å². The highest BCUT2D eigenvalue weighted by Gasteiger charge is 2.47. The van der Waals surface area contributed by atoms with E-state index in [1.165, 1.54) is 16.8 Å². The first-order valence-electron chi connectivity index (χ1n) is 9.87. The minimum absolute atomic E-state index is 0.00566. The van der Waals surface area contributed by atoms with Crippen molar-refractivity contribution in [3.05, 3.63) is 36.3 Å². The van der Waals surface area contributed by atoms with Crippen LogP contribution < -0.4 is 11.1 Å². The number of carbonyl (C=O) groups is 1. The molecule has 3 aromatic heterocycles. The molecule has 3 aliphatic rings. The van der Waals surface area contributed by atoms with Gasteiger partial charge in [0.1, 0.15) is 5.82 Å². The number of carboxylic acid groups (broad SMARTS) is 1. The van der Waals surface area contributed by atoms with Crippen molar-refractivity contribution in [2.75, 3.05) is 11.1 Å². The molecule has 2 atom stereocenters. The zero-order chi connectivity index (χ0) is 21.0. The third kappa shape index (κ3) is 2.86. The third-order valence-electron chi connectivity index (χ3n) is 6.43. The quantitative estimate of drug-likeness (QED) is 0.601. The standard InChI is InChI=1S/C20H20F2N6O2/c21-12-5-11(6-24-7-12)15-17(23)27-28-18(13(22)8-25-19(15)28)26-16-10-3-1-9(2-4-10)14(16)20(29)30/h5-10,14,16,26H,1-4H2,(H2,23,27)(H,29,30)/t9-,10+,14-,16-/m0/s1. The van der Waals surface area contributed by atoms with Gasteiger partial charge in [-0.2, -0.15) is 4.52 Å². The van der Waals surface area contributed by atoms with Gasteiger partial charge in [-0.1, -0.05) is 0 Å². The summed E-state index contributed by atoms with van der Waals surface area (Å²) in [5.74, 6) is -2.43. The maximum absolute atomic E-state index is 14.8. The van der Waals surface area contributed by atoms with Crippen LogP contribution in [0.15, 0.2) is 24.7 Å². The number of hydrogen-bond donors (Lipinski definition) is 3. The zero-order valence-corrected chi connectivity index (χ0v) is 15.9. The fourth-order valence-electron chi connectivity index (χ4n) is 5.11. The lowest BCUT2D eigenvalue weighted by Crippen LogP contribution is -2.51. The summed E-state index contributed by atoms with van der Waals surface area (Å²) in [7, 11) is 0. The summed E-state index contributed by atoms with van der Waals surface area (Å²) in [6.45, 7) is 0.